The average molecular weight is 482 g/mol. The zero-order valence-electron chi connectivity index (χ0n) is 17.9. The third-order valence-corrected chi connectivity index (χ3v) is 7.90. The summed E-state index contributed by atoms with van der Waals surface area (Å²) in [5.74, 6) is -0.247. The highest BCUT2D eigenvalue weighted by molar-refractivity contribution is 7.91. The normalized spacial score (nSPS) is 11.5. The first-order chi connectivity index (χ1) is 14.4. The second-order valence-electron chi connectivity index (χ2n) is 6.88. The van der Waals surface area contributed by atoms with Crippen LogP contribution < -0.4 is 4.90 Å². The van der Waals surface area contributed by atoms with Gasteiger partial charge in [0, 0.05) is 18.7 Å². The van der Waals surface area contributed by atoms with Crippen LogP contribution in [0, 0.1) is 0 Å². The number of hydrogen-bond acceptors (Lipinski definition) is 6. The molecule has 0 radical (unpaired) electrons. The number of rotatable bonds is 9. The largest absolute Gasteiger partial charge is 0.302 e. The van der Waals surface area contributed by atoms with Gasteiger partial charge in [-0.2, -0.15) is 0 Å². The molecule has 0 saturated heterocycles. The topological polar surface area (TPSA) is 70.6 Å². The Labute approximate surface area is 194 Å². The second kappa shape index (κ2) is 11.0. The highest BCUT2D eigenvalue weighted by atomic mass is 35.5. The molecule has 0 aliphatic rings. The number of nitrogens with zero attached hydrogens (tertiary/aromatic N) is 3. The first kappa shape index (κ1) is 25.3. The number of likely N-dealkylation sites (N-methyl/N-ethyl adjacent to an activating group) is 1. The van der Waals surface area contributed by atoms with Gasteiger partial charge in [-0.1, -0.05) is 50.3 Å². The number of benzene rings is 2. The lowest BCUT2D eigenvalue weighted by molar-refractivity contribution is 0.0983. The van der Waals surface area contributed by atoms with E-state index in [1.165, 1.54) is 23.5 Å². The summed E-state index contributed by atoms with van der Waals surface area (Å²) in [5, 5.41) is 0.622. The van der Waals surface area contributed by atoms with E-state index in [9.17, 15) is 13.2 Å². The van der Waals surface area contributed by atoms with Crippen LogP contribution in [0.25, 0.3) is 10.2 Å². The van der Waals surface area contributed by atoms with Crippen molar-refractivity contribution in [3.63, 3.8) is 0 Å². The SMILES string of the molecule is CCN(CC)CCN(C(=O)c1cccc(S(=O)(=O)CC)c1)c1nc2ccccc2s1.Cl. The molecule has 0 N–H and O–H groups in total. The maximum Gasteiger partial charge on any atom is 0.260 e. The number of carbonyl (C=O) groups excluding carboxylic acids is 1. The predicted octanol–water partition coefficient (Wildman–Crippen LogP) is 4.50. The molecule has 3 rings (SSSR count). The quantitative estimate of drug-likeness (QED) is 0.450. The van der Waals surface area contributed by atoms with E-state index in [1.807, 2.05) is 24.3 Å². The molecule has 0 saturated carbocycles. The lowest BCUT2D eigenvalue weighted by atomic mass is 10.2. The van der Waals surface area contributed by atoms with E-state index in [2.05, 4.69) is 23.7 Å². The van der Waals surface area contributed by atoms with E-state index < -0.39 is 9.84 Å². The van der Waals surface area contributed by atoms with E-state index in [0.717, 1.165) is 23.3 Å². The number of para-hydroxylation sites is 1. The number of fused-ring (bicyclic) bond motifs is 1. The van der Waals surface area contributed by atoms with Crippen LogP contribution >= 0.6 is 23.7 Å². The summed E-state index contributed by atoms with van der Waals surface area (Å²) in [6.45, 7) is 8.75. The van der Waals surface area contributed by atoms with Gasteiger partial charge in [-0.05, 0) is 43.4 Å². The highest BCUT2D eigenvalue weighted by Gasteiger charge is 2.23. The van der Waals surface area contributed by atoms with Crippen LogP contribution in [0.1, 0.15) is 31.1 Å². The Bertz CT molecular complexity index is 1090. The van der Waals surface area contributed by atoms with Crippen molar-refractivity contribution in [3.05, 3.63) is 54.1 Å². The number of halogens is 1. The van der Waals surface area contributed by atoms with Crippen molar-refractivity contribution in [1.29, 1.82) is 0 Å². The molecule has 168 valence electrons. The average Bonchev–Trinajstić information content (AvgIpc) is 3.20. The van der Waals surface area contributed by atoms with E-state index in [1.54, 1.807) is 24.0 Å². The number of amides is 1. The molecule has 0 aliphatic heterocycles. The molecule has 9 heteroatoms. The minimum absolute atomic E-state index is 0. The number of aromatic nitrogens is 1. The molecule has 0 aliphatic carbocycles. The number of carbonyl (C=O) groups is 1. The molecular formula is C22H28ClN3O3S2. The first-order valence-corrected chi connectivity index (χ1v) is 12.6. The van der Waals surface area contributed by atoms with Crippen molar-refractivity contribution in [1.82, 2.24) is 9.88 Å². The van der Waals surface area contributed by atoms with Crippen LogP contribution in [0.3, 0.4) is 0 Å². The Kier molecular flexibility index (Phi) is 9.00. The Hall–Kier alpha value is -2.00. The molecule has 0 fully saturated rings. The van der Waals surface area contributed by atoms with Gasteiger partial charge in [0.05, 0.1) is 20.9 Å². The van der Waals surface area contributed by atoms with Gasteiger partial charge >= 0.3 is 0 Å². The van der Waals surface area contributed by atoms with Gasteiger partial charge in [-0.25, -0.2) is 13.4 Å². The van der Waals surface area contributed by atoms with Gasteiger partial charge in [0.2, 0.25) is 0 Å². The van der Waals surface area contributed by atoms with Gasteiger partial charge in [0.25, 0.3) is 5.91 Å². The number of anilines is 1. The van der Waals surface area contributed by atoms with Crippen LogP contribution in [0.4, 0.5) is 5.13 Å². The van der Waals surface area contributed by atoms with Gasteiger partial charge in [-0.3, -0.25) is 9.69 Å². The molecule has 0 unspecified atom stereocenters. The number of hydrogen-bond donors (Lipinski definition) is 0. The monoisotopic (exact) mass is 481 g/mol. The smallest absolute Gasteiger partial charge is 0.260 e. The van der Waals surface area contributed by atoms with Crippen molar-refractivity contribution in [2.24, 2.45) is 0 Å². The van der Waals surface area contributed by atoms with Crippen LogP contribution in [0.5, 0.6) is 0 Å². The predicted molar refractivity (Wildman–Crippen MR) is 131 cm³/mol. The van der Waals surface area contributed by atoms with Gasteiger partial charge in [0.1, 0.15) is 0 Å². The summed E-state index contributed by atoms with van der Waals surface area (Å²) in [4.78, 5) is 22.2. The molecule has 1 heterocycles. The summed E-state index contributed by atoms with van der Waals surface area (Å²) in [5.41, 5.74) is 1.20. The molecule has 6 nitrogen and oxygen atoms in total. The van der Waals surface area contributed by atoms with Crippen LogP contribution in [-0.4, -0.2) is 56.1 Å². The summed E-state index contributed by atoms with van der Waals surface area (Å²) in [7, 11) is -3.39. The number of sulfone groups is 1. The van der Waals surface area contributed by atoms with E-state index in [0.29, 0.717) is 23.8 Å². The zero-order valence-corrected chi connectivity index (χ0v) is 20.4. The summed E-state index contributed by atoms with van der Waals surface area (Å²) in [6.07, 6.45) is 0. The van der Waals surface area contributed by atoms with Crippen LogP contribution in [-0.2, 0) is 9.84 Å². The molecule has 31 heavy (non-hydrogen) atoms. The highest BCUT2D eigenvalue weighted by Crippen LogP contribution is 2.30. The van der Waals surface area contributed by atoms with Crippen molar-refractivity contribution >= 4 is 54.8 Å². The summed E-state index contributed by atoms with van der Waals surface area (Å²) >= 11 is 1.47. The molecular weight excluding hydrogens is 454 g/mol. The summed E-state index contributed by atoms with van der Waals surface area (Å²) in [6, 6.07) is 14.1. The third-order valence-electron chi connectivity index (χ3n) is 5.11. The fourth-order valence-corrected chi connectivity index (χ4v) is 5.10. The van der Waals surface area contributed by atoms with Crippen molar-refractivity contribution < 1.29 is 13.2 Å². The van der Waals surface area contributed by atoms with E-state index >= 15 is 0 Å². The Morgan fingerprint density at radius 3 is 2.35 bits per heavy atom. The Morgan fingerprint density at radius 1 is 1.00 bits per heavy atom. The zero-order chi connectivity index (χ0) is 21.7. The Balaban J connectivity index is 0.00000341. The fourth-order valence-electron chi connectivity index (χ4n) is 3.19. The fraction of sp³-hybridized carbons (Fsp3) is 0.364. The maximum atomic E-state index is 13.5. The van der Waals surface area contributed by atoms with Crippen molar-refractivity contribution in [3.8, 4) is 0 Å². The lowest BCUT2D eigenvalue weighted by Crippen LogP contribution is -2.39. The minimum atomic E-state index is -3.39. The van der Waals surface area contributed by atoms with E-state index in [-0.39, 0.29) is 29.0 Å². The molecule has 0 spiro atoms. The molecule has 3 aromatic rings. The third kappa shape index (κ3) is 5.83. The van der Waals surface area contributed by atoms with Crippen LogP contribution in [0.2, 0.25) is 0 Å². The first-order valence-electron chi connectivity index (χ1n) is 10.1. The molecule has 0 bridgehead atoms. The lowest BCUT2D eigenvalue weighted by Gasteiger charge is -2.25. The van der Waals surface area contributed by atoms with Crippen molar-refractivity contribution in [2.45, 2.75) is 25.7 Å². The van der Waals surface area contributed by atoms with E-state index in [4.69, 9.17) is 0 Å². The molecule has 1 aromatic heterocycles. The summed E-state index contributed by atoms with van der Waals surface area (Å²) < 4.78 is 25.6. The standard InChI is InChI=1S/C22H27N3O3S2.ClH/c1-4-24(5-2)14-15-25(22-23-19-12-7-8-13-20(19)29-22)21(26)17-10-9-11-18(16-17)30(27,28)6-3;/h7-13,16H,4-6,14-15H2,1-3H3;1H. The molecule has 0 atom stereocenters. The van der Waals surface area contributed by atoms with Gasteiger partial charge in [-0.15, -0.1) is 12.4 Å². The van der Waals surface area contributed by atoms with Crippen molar-refractivity contribution in [2.75, 3.05) is 36.8 Å². The van der Waals surface area contributed by atoms with Gasteiger partial charge < -0.3 is 4.90 Å². The van der Waals surface area contributed by atoms with Gasteiger partial charge in [0.15, 0.2) is 15.0 Å². The second-order valence-corrected chi connectivity index (χ2v) is 10.2. The van der Waals surface area contributed by atoms with Crippen LogP contribution in [0.15, 0.2) is 53.4 Å². The molecule has 2 aromatic carbocycles. The Morgan fingerprint density at radius 2 is 1.71 bits per heavy atom. The maximum absolute atomic E-state index is 13.5. The number of thiazole rings is 1. The minimum Gasteiger partial charge on any atom is -0.302 e. The molecule has 1 amide bonds.